The highest BCUT2D eigenvalue weighted by Gasteiger charge is 2.28. The molecule has 1 aliphatic rings. The lowest BCUT2D eigenvalue weighted by molar-refractivity contribution is 0.0431. The molecule has 26 heavy (non-hydrogen) atoms. The third kappa shape index (κ3) is 3.31. The van der Waals surface area contributed by atoms with E-state index in [1.54, 1.807) is 6.07 Å². The number of ether oxygens (including phenoxy) is 1. The number of esters is 1. The molecule has 0 bridgehead atoms. The van der Waals surface area contributed by atoms with E-state index in [-0.39, 0.29) is 30.2 Å². The summed E-state index contributed by atoms with van der Waals surface area (Å²) in [5, 5.41) is 8.98. The molecule has 1 aromatic carbocycles. The molecule has 0 spiro atoms. The highest BCUT2D eigenvalue weighted by molar-refractivity contribution is 5.94. The van der Waals surface area contributed by atoms with Crippen LogP contribution in [0.25, 0.3) is 10.9 Å². The molecule has 1 N–H and O–H groups in total. The summed E-state index contributed by atoms with van der Waals surface area (Å²) in [5.74, 6) is -1.28. The van der Waals surface area contributed by atoms with Crippen molar-refractivity contribution in [2.75, 3.05) is 31.2 Å². The largest absolute Gasteiger partial charge is 0.460 e. The second kappa shape index (κ2) is 7.45. The van der Waals surface area contributed by atoms with E-state index in [0.29, 0.717) is 24.3 Å². The average Bonchev–Trinajstić information content (AvgIpc) is 3.47. The molecule has 1 fully saturated rings. The number of fused-ring (bicyclic) bond motifs is 1. The SMILES string of the molecule is CCN(CC)c1cc2c(cc1F)c(=O)c(C(=O)OCCO)cn2C1CC1. The number of hydrogen-bond donors (Lipinski definition) is 1. The monoisotopic (exact) mass is 362 g/mol. The Bertz CT molecular complexity index is 885. The van der Waals surface area contributed by atoms with Crippen LogP contribution >= 0.6 is 0 Å². The standard InChI is InChI=1S/C19H23FN2O4/c1-3-21(4-2)17-10-16-13(9-15(17)20)18(24)14(19(25)26-8-7-23)11-22(16)12-5-6-12/h9-12,23H,3-8H2,1-2H3. The molecule has 3 rings (SSSR count). The van der Waals surface area contributed by atoms with Crippen LogP contribution in [-0.2, 0) is 4.74 Å². The fourth-order valence-electron chi connectivity index (χ4n) is 3.18. The van der Waals surface area contributed by atoms with E-state index < -0.39 is 17.2 Å². The number of benzene rings is 1. The van der Waals surface area contributed by atoms with E-state index in [9.17, 15) is 14.0 Å². The maximum absolute atomic E-state index is 14.7. The van der Waals surface area contributed by atoms with Gasteiger partial charge < -0.3 is 19.3 Å². The van der Waals surface area contributed by atoms with Crippen LogP contribution in [0.5, 0.6) is 0 Å². The normalized spacial score (nSPS) is 13.8. The van der Waals surface area contributed by atoms with Crippen molar-refractivity contribution in [1.29, 1.82) is 0 Å². The Kier molecular flexibility index (Phi) is 5.27. The van der Waals surface area contributed by atoms with Crippen molar-refractivity contribution in [3.8, 4) is 0 Å². The van der Waals surface area contributed by atoms with Gasteiger partial charge in [-0.2, -0.15) is 0 Å². The first-order valence-corrected chi connectivity index (χ1v) is 8.93. The Hall–Kier alpha value is -2.41. The Balaban J connectivity index is 2.21. The summed E-state index contributed by atoms with van der Waals surface area (Å²) < 4.78 is 21.4. The highest BCUT2D eigenvalue weighted by atomic mass is 19.1. The van der Waals surface area contributed by atoms with Crippen molar-refractivity contribution in [1.82, 2.24) is 4.57 Å². The summed E-state index contributed by atoms with van der Waals surface area (Å²) >= 11 is 0. The van der Waals surface area contributed by atoms with Crippen LogP contribution in [0.4, 0.5) is 10.1 Å². The fourth-order valence-corrected chi connectivity index (χ4v) is 3.18. The Morgan fingerprint density at radius 1 is 1.35 bits per heavy atom. The number of aromatic nitrogens is 1. The maximum Gasteiger partial charge on any atom is 0.343 e. The zero-order valence-corrected chi connectivity index (χ0v) is 15.0. The van der Waals surface area contributed by atoms with Gasteiger partial charge in [-0.05, 0) is 38.8 Å². The number of anilines is 1. The molecule has 1 saturated carbocycles. The van der Waals surface area contributed by atoms with Gasteiger partial charge in [0.15, 0.2) is 0 Å². The summed E-state index contributed by atoms with van der Waals surface area (Å²) in [7, 11) is 0. The number of pyridine rings is 1. The second-order valence-electron chi connectivity index (χ2n) is 6.36. The number of nitrogens with zero attached hydrogens (tertiary/aromatic N) is 2. The maximum atomic E-state index is 14.7. The van der Waals surface area contributed by atoms with E-state index in [0.717, 1.165) is 12.8 Å². The number of hydrogen-bond acceptors (Lipinski definition) is 5. The van der Waals surface area contributed by atoms with Gasteiger partial charge in [0, 0.05) is 30.7 Å². The van der Waals surface area contributed by atoms with Gasteiger partial charge in [0.05, 0.1) is 17.8 Å². The van der Waals surface area contributed by atoms with E-state index in [4.69, 9.17) is 9.84 Å². The average molecular weight is 362 g/mol. The van der Waals surface area contributed by atoms with Crippen LogP contribution in [0.3, 0.4) is 0 Å². The number of rotatable bonds is 7. The summed E-state index contributed by atoms with van der Waals surface area (Å²) in [5.41, 5.74) is 0.393. The fraction of sp³-hybridized carbons (Fsp3) is 0.474. The van der Waals surface area contributed by atoms with Crippen molar-refractivity contribution < 1.29 is 19.0 Å². The van der Waals surface area contributed by atoms with Crippen LogP contribution in [0.15, 0.2) is 23.1 Å². The first-order valence-electron chi connectivity index (χ1n) is 8.93. The predicted molar refractivity (Wildman–Crippen MR) is 97.4 cm³/mol. The number of aliphatic hydroxyl groups is 1. The van der Waals surface area contributed by atoms with Crippen LogP contribution in [-0.4, -0.2) is 41.9 Å². The van der Waals surface area contributed by atoms with Gasteiger partial charge in [0.1, 0.15) is 18.0 Å². The van der Waals surface area contributed by atoms with Crippen LogP contribution in [0, 0.1) is 5.82 Å². The molecule has 0 amide bonds. The molecule has 7 heteroatoms. The van der Waals surface area contributed by atoms with Crippen molar-refractivity contribution in [3.63, 3.8) is 0 Å². The van der Waals surface area contributed by atoms with Gasteiger partial charge >= 0.3 is 5.97 Å². The Morgan fingerprint density at radius 2 is 2.04 bits per heavy atom. The van der Waals surface area contributed by atoms with Gasteiger partial charge in [-0.25, -0.2) is 9.18 Å². The van der Waals surface area contributed by atoms with E-state index in [1.165, 1.54) is 12.3 Å². The smallest absolute Gasteiger partial charge is 0.343 e. The third-order valence-electron chi connectivity index (χ3n) is 4.69. The van der Waals surface area contributed by atoms with Crippen molar-refractivity contribution in [2.45, 2.75) is 32.7 Å². The first-order chi connectivity index (χ1) is 12.5. The number of carbonyl (C=O) groups is 1. The van der Waals surface area contributed by atoms with Gasteiger partial charge in [-0.3, -0.25) is 4.79 Å². The first kappa shape index (κ1) is 18.4. The van der Waals surface area contributed by atoms with Crippen LogP contribution in [0.1, 0.15) is 43.1 Å². The quantitative estimate of drug-likeness (QED) is 0.766. The van der Waals surface area contributed by atoms with Crippen molar-refractivity contribution in [2.24, 2.45) is 0 Å². The second-order valence-corrected chi connectivity index (χ2v) is 6.36. The number of carbonyl (C=O) groups excluding carboxylic acids is 1. The van der Waals surface area contributed by atoms with E-state index in [2.05, 4.69) is 0 Å². The molecule has 0 atom stereocenters. The molecule has 6 nitrogen and oxygen atoms in total. The molecule has 0 saturated heterocycles. The van der Waals surface area contributed by atoms with Crippen LogP contribution in [0.2, 0.25) is 0 Å². The summed E-state index contributed by atoms with van der Waals surface area (Å²) in [6, 6.07) is 3.10. The number of aliphatic hydroxyl groups excluding tert-OH is 1. The van der Waals surface area contributed by atoms with E-state index in [1.807, 2.05) is 23.3 Å². The lowest BCUT2D eigenvalue weighted by atomic mass is 10.1. The molecule has 0 aliphatic heterocycles. The minimum atomic E-state index is -0.798. The molecule has 1 aromatic heterocycles. The van der Waals surface area contributed by atoms with Gasteiger partial charge in [-0.1, -0.05) is 0 Å². The summed E-state index contributed by atoms with van der Waals surface area (Å²) in [6.07, 6.45) is 3.40. The topological polar surface area (TPSA) is 71.8 Å². The van der Waals surface area contributed by atoms with Crippen molar-refractivity contribution in [3.05, 3.63) is 39.9 Å². The molecule has 1 heterocycles. The van der Waals surface area contributed by atoms with Gasteiger partial charge in [0.25, 0.3) is 0 Å². The zero-order chi connectivity index (χ0) is 18.8. The van der Waals surface area contributed by atoms with Gasteiger partial charge in [0.2, 0.25) is 5.43 Å². The van der Waals surface area contributed by atoms with Crippen LogP contribution < -0.4 is 10.3 Å². The summed E-state index contributed by atoms with van der Waals surface area (Å²) in [4.78, 5) is 26.8. The molecule has 0 radical (unpaired) electrons. The molecule has 2 aromatic rings. The zero-order valence-electron chi connectivity index (χ0n) is 15.0. The van der Waals surface area contributed by atoms with E-state index >= 15 is 0 Å². The van der Waals surface area contributed by atoms with Crippen molar-refractivity contribution >= 4 is 22.6 Å². The molecular weight excluding hydrogens is 339 g/mol. The molecule has 140 valence electrons. The Morgan fingerprint density at radius 3 is 2.62 bits per heavy atom. The van der Waals surface area contributed by atoms with Gasteiger partial charge in [-0.15, -0.1) is 0 Å². The highest BCUT2D eigenvalue weighted by Crippen LogP contribution is 2.38. The lowest BCUT2D eigenvalue weighted by Crippen LogP contribution is -2.25. The summed E-state index contributed by atoms with van der Waals surface area (Å²) in [6.45, 7) is 4.69. The minimum Gasteiger partial charge on any atom is -0.460 e. The predicted octanol–water partition coefficient (Wildman–Crippen LogP) is 2.47. The third-order valence-corrected chi connectivity index (χ3v) is 4.69. The Labute approximate surface area is 150 Å². The lowest BCUT2D eigenvalue weighted by Gasteiger charge is -2.23. The molecular formula is C19H23FN2O4. The minimum absolute atomic E-state index is 0.132. The molecule has 1 aliphatic carbocycles. The number of halogens is 1. The molecule has 0 unspecified atom stereocenters.